The van der Waals surface area contributed by atoms with Gasteiger partial charge in [0.25, 0.3) is 0 Å². The van der Waals surface area contributed by atoms with Crippen LogP contribution in [0.5, 0.6) is 0 Å². The second kappa shape index (κ2) is 18.0. The highest BCUT2D eigenvalue weighted by molar-refractivity contribution is 4.81. The molecular weight excluding hydrogens is 432 g/mol. The molecule has 3 N–H and O–H groups in total. The van der Waals surface area contributed by atoms with E-state index in [4.69, 9.17) is 14.9 Å². The van der Waals surface area contributed by atoms with Crippen molar-refractivity contribution in [2.24, 2.45) is 0 Å². The molecule has 4 saturated heterocycles. The number of β-amino-alcohol motifs (C(OH)–C–C–N with tert-alkyl or cyclic N) is 1. The van der Waals surface area contributed by atoms with Crippen LogP contribution in [0.3, 0.4) is 0 Å². The smallest absolute Gasteiger partial charge is 0.110 e. The number of hydrogen-bond donors (Lipinski definition) is 3. The number of rotatable bonds is 3. The molecule has 0 amide bonds. The van der Waals surface area contributed by atoms with Crippen LogP contribution in [0.1, 0.15) is 33.1 Å². The van der Waals surface area contributed by atoms with Gasteiger partial charge in [-0.05, 0) is 68.3 Å². The number of hydrogen-bond acceptors (Lipinski definition) is 9. The minimum Gasteiger partial charge on any atom is -0.395 e. The summed E-state index contributed by atoms with van der Waals surface area (Å²) in [4.78, 5) is 11.3. The third kappa shape index (κ3) is 13.7. The molecule has 0 aliphatic carbocycles. The first-order chi connectivity index (χ1) is 16.1. The molecule has 0 saturated carbocycles. The molecule has 204 valence electrons. The SMILES string of the molecule is CC(C)N1CCN(C)CC1.CN(C)[C@H]1CCCO1.CN1CCNCC1.CN1C[C@@H](O)C[C@@H]1CO. The molecule has 4 fully saturated rings. The van der Waals surface area contributed by atoms with E-state index in [0.717, 1.165) is 25.7 Å². The van der Waals surface area contributed by atoms with Gasteiger partial charge in [-0.3, -0.25) is 14.7 Å². The van der Waals surface area contributed by atoms with Gasteiger partial charge in [-0.1, -0.05) is 0 Å². The van der Waals surface area contributed by atoms with Crippen molar-refractivity contribution >= 4 is 0 Å². The fourth-order valence-corrected chi connectivity index (χ4v) is 4.35. The van der Waals surface area contributed by atoms with Crippen LogP contribution in [-0.2, 0) is 4.74 Å². The van der Waals surface area contributed by atoms with Gasteiger partial charge in [-0.25, -0.2) is 0 Å². The Hall–Kier alpha value is -0.360. The van der Waals surface area contributed by atoms with Crippen molar-refractivity contribution in [1.82, 2.24) is 29.8 Å². The molecule has 4 heterocycles. The molecule has 9 nitrogen and oxygen atoms in total. The Morgan fingerprint density at radius 2 is 1.56 bits per heavy atom. The lowest BCUT2D eigenvalue weighted by atomic mass is 10.2. The average molecular weight is 489 g/mol. The molecule has 0 bridgehead atoms. The van der Waals surface area contributed by atoms with Crippen LogP contribution in [0, 0.1) is 0 Å². The van der Waals surface area contributed by atoms with Gasteiger partial charge in [0, 0.05) is 77.6 Å². The molecule has 0 spiro atoms. The standard InChI is InChI=1S/C8H18N2.C6H13NO2.C6H13NO.C5H12N2/c1-8(2)10-6-4-9(3)5-7-10;1-7-3-6(9)2-5(7)4-8;1-7(2)6-4-3-5-8-6;1-7-4-2-6-3-5-7/h8H,4-7H2,1-3H3;5-6,8-9H,2-4H2,1H3;6H,3-5H2,1-2H3;6H,2-5H2,1H3/t;5-,6+;6-;/m.11./s1. The maximum atomic E-state index is 9.05. The quantitative estimate of drug-likeness (QED) is 0.504. The van der Waals surface area contributed by atoms with Crippen LogP contribution >= 0.6 is 0 Å². The zero-order valence-electron chi connectivity index (χ0n) is 23.2. The number of likely N-dealkylation sites (N-methyl/N-ethyl adjacent to an activating group) is 3. The first-order valence-electron chi connectivity index (χ1n) is 13.2. The fraction of sp³-hybridized carbons (Fsp3) is 1.00. The van der Waals surface area contributed by atoms with E-state index in [1.807, 2.05) is 11.9 Å². The molecule has 4 aliphatic heterocycles. The van der Waals surface area contributed by atoms with Gasteiger partial charge < -0.3 is 30.1 Å². The van der Waals surface area contributed by atoms with E-state index >= 15 is 0 Å². The topological polar surface area (TPSA) is 77.9 Å². The Balaban J connectivity index is 0.000000228. The number of nitrogens with zero attached hydrogens (tertiary/aromatic N) is 5. The third-order valence-electron chi connectivity index (χ3n) is 6.97. The van der Waals surface area contributed by atoms with Gasteiger partial charge in [0.05, 0.1) is 12.7 Å². The number of nitrogens with one attached hydrogen (secondary N) is 1. The number of aliphatic hydroxyl groups excluding tert-OH is 2. The Morgan fingerprint density at radius 1 is 0.971 bits per heavy atom. The van der Waals surface area contributed by atoms with E-state index in [-0.39, 0.29) is 18.8 Å². The lowest BCUT2D eigenvalue weighted by molar-refractivity contribution is 0.00978. The van der Waals surface area contributed by atoms with Crippen molar-refractivity contribution in [3.05, 3.63) is 0 Å². The average Bonchev–Trinajstić information content (AvgIpc) is 3.45. The summed E-state index contributed by atoms with van der Waals surface area (Å²) >= 11 is 0. The Morgan fingerprint density at radius 3 is 1.85 bits per heavy atom. The monoisotopic (exact) mass is 488 g/mol. The second-order valence-electron chi connectivity index (χ2n) is 10.6. The van der Waals surface area contributed by atoms with E-state index in [9.17, 15) is 0 Å². The maximum Gasteiger partial charge on any atom is 0.110 e. The summed E-state index contributed by atoms with van der Waals surface area (Å²) in [6.07, 6.45) is 3.31. The van der Waals surface area contributed by atoms with Crippen molar-refractivity contribution in [3.63, 3.8) is 0 Å². The largest absolute Gasteiger partial charge is 0.395 e. The van der Waals surface area contributed by atoms with Gasteiger partial charge in [-0.15, -0.1) is 0 Å². The van der Waals surface area contributed by atoms with E-state index < -0.39 is 0 Å². The van der Waals surface area contributed by atoms with Crippen LogP contribution in [0.2, 0.25) is 0 Å². The first-order valence-corrected chi connectivity index (χ1v) is 13.2. The predicted molar refractivity (Wildman–Crippen MR) is 141 cm³/mol. The molecule has 4 aliphatic rings. The summed E-state index contributed by atoms with van der Waals surface area (Å²) in [6.45, 7) is 16.0. The number of piperazine rings is 2. The molecule has 0 aromatic heterocycles. The van der Waals surface area contributed by atoms with E-state index in [0.29, 0.717) is 19.2 Å². The van der Waals surface area contributed by atoms with Crippen LogP contribution in [0.15, 0.2) is 0 Å². The number of ether oxygens (including phenoxy) is 1. The third-order valence-corrected chi connectivity index (χ3v) is 6.97. The molecule has 0 aromatic rings. The zero-order valence-corrected chi connectivity index (χ0v) is 23.2. The van der Waals surface area contributed by atoms with Crippen molar-refractivity contribution < 1.29 is 14.9 Å². The summed E-state index contributed by atoms with van der Waals surface area (Å²) in [5.74, 6) is 0. The minimum absolute atomic E-state index is 0.160. The summed E-state index contributed by atoms with van der Waals surface area (Å²) in [5, 5.41) is 21.0. The second-order valence-corrected chi connectivity index (χ2v) is 10.6. The maximum absolute atomic E-state index is 9.05. The highest BCUT2D eigenvalue weighted by Gasteiger charge is 2.26. The molecular formula is C25H56N6O3. The number of likely N-dealkylation sites (tertiary alicyclic amines) is 1. The highest BCUT2D eigenvalue weighted by Crippen LogP contribution is 2.14. The van der Waals surface area contributed by atoms with Gasteiger partial charge >= 0.3 is 0 Å². The number of aliphatic hydroxyl groups is 2. The summed E-state index contributed by atoms with van der Waals surface area (Å²) in [5.41, 5.74) is 0. The van der Waals surface area contributed by atoms with E-state index in [1.54, 1.807) is 0 Å². The van der Waals surface area contributed by atoms with Gasteiger partial charge in [0.1, 0.15) is 6.23 Å². The predicted octanol–water partition coefficient (Wildman–Crippen LogP) is -0.108. The molecule has 0 aromatic carbocycles. The van der Waals surface area contributed by atoms with E-state index in [1.165, 1.54) is 52.1 Å². The minimum atomic E-state index is -0.229. The lowest BCUT2D eigenvalue weighted by Crippen LogP contribution is -2.47. The lowest BCUT2D eigenvalue weighted by Gasteiger charge is -2.34. The summed E-state index contributed by atoms with van der Waals surface area (Å²) in [6, 6.07) is 0.911. The molecule has 9 heteroatoms. The Labute approximate surface area is 210 Å². The van der Waals surface area contributed by atoms with Crippen molar-refractivity contribution in [1.29, 1.82) is 0 Å². The van der Waals surface area contributed by atoms with Crippen LogP contribution in [0.4, 0.5) is 0 Å². The van der Waals surface area contributed by atoms with Crippen LogP contribution < -0.4 is 5.32 Å². The fourth-order valence-electron chi connectivity index (χ4n) is 4.35. The van der Waals surface area contributed by atoms with Gasteiger partial charge in [0.2, 0.25) is 0 Å². The van der Waals surface area contributed by atoms with Crippen LogP contribution in [-0.4, -0.2) is 166 Å². The van der Waals surface area contributed by atoms with Crippen molar-refractivity contribution in [2.45, 2.75) is 57.5 Å². The highest BCUT2D eigenvalue weighted by atomic mass is 16.5. The van der Waals surface area contributed by atoms with Crippen molar-refractivity contribution in [2.75, 3.05) is 107 Å². The molecule has 0 radical (unpaired) electrons. The molecule has 34 heavy (non-hydrogen) atoms. The zero-order chi connectivity index (χ0) is 25.5. The molecule has 3 atom stereocenters. The molecule has 4 rings (SSSR count). The Bertz CT molecular complexity index is 479. The summed E-state index contributed by atoms with van der Waals surface area (Å²) < 4.78 is 5.34. The normalized spacial score (nSPS) is 29.2. The van der Waals surface area contributed by atoms with Gasteiger partial charge in [-0.2, -0.15) is 0 Å². The summed E-state index contributed by atoms with van der Waals surface area (Å²) in [7, 11) is 10.4. The van der Waals surface area contributed by atoms with Crippen molar-refractivity contribution in [3.8, 4) is 0 Å². The Kier molecular flexibility index (Phi) is 16.7. The molecule has 0 unspecified atom stereocenters. The first kappa shape index (κ1) is 31.7. The van der Waals surface area contributed by atoms with Gasteiger partial charge in [0.15, 0.2) is 0 Å². The van der Waals surface area contributed by atoms with E-state index in [2.05, 4.69) is 67.0 Å². The van der Waals surface area contributed by atoms with Crippen LogP contribution in [0.25, 0.3) is 0 Å².